The lowest BCUT2D eigenvalue weighted by Crippen LogP contribution is -2.22. The first kappa shape index (κ1) is 16.3. The predicted octanol–water partition coefficient (Wildman–Crippen LogP) is 5.19. The summed E-state index contributed by atoms with van der Waals surface area (Å²) in [6, 6.07) is 8.70. The summed E-state index contributed by atoms with van der Waals surface area (Å²) in [6.45, 7) is 4.13. The molecule has 1 unspecified atom stereocenters. The van der Waals surface area contributed by atoms with Crippen LogP contribution in [0, 0.1) is 6.92 Å². The van der Waals surface area contributed by atoms with Crippen LogP contribution < -0.4 is 5.32 Å². The summed E-state index contributed by atoms with van der Waals surface area (Å²) in [5.74, 6) is -0.314. The van der Waals surface area contributed by atoms with Gasteiger partial charge in [-0.2, -0.15) is 0 Å². The molecule has 0 aliphatic heterocycles. The fourth-order valence-corrected chi connectivity index (χ4v) is 3.62. The fourth-order valence-electron chi connectivity index (χ4n) is 1.83. The Morgan fingerprint density at radius 2 is 2.19 bits per heavy atom. The van der Waals surface area contributed by atoms with Crippen LogP contribution >= 0.6 is 38.9 Å². The molecule has 1 heterocycles. The summed E-state index contributed by atoms with van der Waals surface area (Å²) < 4.78 is 6.15. The maximum atomic E-state index is 12.2. The molecule has 1 aromatic carbocycles. The molecular formula is C15H15BrClNO2S. The molecule has 0 radical (unpaired) electrons. The van der Waals surface area contributed by atoms with E-state index in [0.717, 1.165) is 14.2 Å². The van der Waals surface area contributed by atoms with Gasteiger partial charge in [0.2, 0.25) is 0 Å². The van der Waals surface area contributed by atoms with Crippen molar-refractivity contribution in [3.8, 4) is 0 Å². The van der Waals surface area contributed by atoms with Gasteiger partial charge in [-0.25, -0.2) is 4.79 Å². The second-order valence-corrected chi connectivity index (χ2v) is 6.91. The van der Waals surface area contributed by atoms with Crippen molar-refractivity contribution >= 4 is 50.5 Å². The van der Waals surface area contributed by atoms with Crippen LogP contribution in [0.3, 0.4) is 0 Å². The zero-order valence-electron chi connectivity index (χ0n) is 11.7. The molecule has 2 rings (SSSR count). The van der Waals surface area contributed by atoms with Crippen LogP contribution in [0.4, 0.5) is 5.69 Å². The number of ether oxygens (including phenoxy) is 1. The monoisotopic (exact) mass is 387 g/mol. The van der Waals surface area contributed by atoms with E-state index in [1.54, 1.807) is 24.3 Å². The third-order valence-corrected chi connectivity index (χ3v) is 5.39. The summed E-state index contributed by atoms with van der Waals surface area (Å²) in [5.41, 5.74) is 0.708. The van der Waals surface area contributed by atoms with E-state index < -0.39 is 6.04 Å². The van der Waals surface area contributed by atoms with E-state index in [1.807, 2.05) is 31.2 Å². The highest BCUT2D eigenvalue weighted by Crippen LogP contribution is 2.34. The van der Waals surface area contributed by atoms with Gasteiger partial charge in [-0.1, -0.05) is 23.7 Å². The number of hydrogen-bond acceptors (Lipinski definition) is 4. The Hall–Kier alpha value is -1.04. The number of para-hydroxylation sites is 1. The lowest BCUT2D eigenvalue weighted by atomic mass is 10.2. The number of rotatable bonds is 5. The molecule has 21 heavy (non-hydrogen) atoms. The average Bonchev–Trinajstić information content (AvgIpc) is 2.77. The van der Waals surface area contributed by atoms with Crippen LogP contribution in [0.25, 0.3) is 0 Å². The minimum atomic E-state index is -0.570. The van der Waals surface area contributed by atoms with Gasteiger partial charge in [-0.15, -0.1) is 11.3 Å². The summed E-state index contributed by atoms with van der Waals surface area (Å²) in [5, 5.41) is 3.74. The van der Waals surface area contributed by atoms with Crippen LogP contribution in [0.1, 0.15) is 22.7 Å². The highest BCUT2D eigenvalue weighted by Gasteiger charge is 2.25. The number of hydrogen-bond donors (Lipinski definition) is 1. The molecule has 1 atom stereocenters. The Morgan fingerprint density at radius 1 is 1.48 bits per heavy atom. The van der Waals surface area contributed by atoms with E-state index in [9.17, 15) is 4.79 Å². The van der Waals surface area contributed by atoms with Gasteiger partial charge in [0.15, 0.2) is 6.04 Å². The van der Waals surface area contributed by atoms with Gasteiger partial charge in [-0.3, -0.25) is 0 Å². The van der Waals surface area contributed by atoms with Gasteiger partial charge in [0.1, 0.15) is 0 Å². The second kappa shape index (κ2) is 7.29. The highest BCUT2D eigenvalue weighted by atomic mass is 79.9. The molecular weight excluding hydrogens is 374 g/mol. The first-order valence-corrected chi connectivity index (χ1v) is 8.45. The van der Waals surface area contributed by atoms with Gasteiger partial charge in [0, 0.05) is 14.2 Å². The lowest BCUT2D eigenvalue weighted by Gasteiger charge is -2.18. The molecule has 0 aliphatic carbocycles. The average molecular weight is 389 g/mol. The Morgan fingerprint density at radius 3 is 2.76 bits per heavy atom. The topological polar surface area (TPSA) is 38.3 Å². The molecule has 0 bridgehead atoms. The molecule has 0 aliphatic rings. The zero-order chi connectivity index (χ0) is 15.4. The summed E-state index contributed by atoms with van der Waals surface area (Å²) in [6.07, 6.45) is 0. The Labute approximate surface area is 141 Å². The Kier molecular flexibility index (Phi) is 5.67. The van der Waals surface area contributed by atoms with Gasteiger partial charge in [-0.05, 0) is 48.0 Å². The third kappa shape index (κ3) is 3.99. The number of anilines is 1. The molecule has 0 spiro atoms. The molecule has 1 N–H and O–H groups in total. The number of aryl methyl sites for hydroxylation is 1. The predicted molar refractivity (Wildman–Crippen MR) is 91.2 cm³/mol. The zero-order valence-corrected chi connectivity index (χ0v) is 14.8. The van der Waals surface area contributed by atoms with Crippen molar-refractivity contribution in [2.24, 2.45) is 0 Å². The first-order chi connectivity index (χ1) is 10.0. The SMILES string of the molecule is CCOC(=O)C(Nc1ccccc1Cl)c1cc(Br)c(C)s1. The van der Waals surface area contributed by atoms with Crippen molar-refractivity contribution in [1.82, 2.24) is 0 Å². The maximum absolute atomic E-state index is 12.2. The summed E-state index contributed by atoms with van der Waals surface area (Å²) >= 11 is 11.2. The van der Waals surface area contributed by atoms with Crippen molar-refractivity contribution in [3.63, 3.8) is 0 Å². The van der Waals surface area contributed by atoms with Crippen LogP contribution in [0.15, 0.2) is 34.8 Å². The van der Waals surface area contributed by atoms with Crippen molar-refractivity contribution in [2.45, 2.75) is 19.9 Å². The molecule has 3 nitrogen and oxygen atoms in total. The number of carbonyl (C=O) groups is 1. The van der Waals surface area contributed by atoms with Crippen molar-refractivity contribution < 1.29 is 9.53 Å². The molecule has 0 saturated heterocycles. The largest absolute Gasteiger partial charge is 0.464 e. The molecule has 0 saturated carbocycles. The molecule has 0 amide bonds. The van der Waals surface area contributed by atoms with Crippen molar-refractivity contribution in [1.29, 1.82) is 0 Å². The fraction of sp³-hybridized carbons (Fsp3) is 0.267. The number of carbonyl (C=O) groups excluding carboxylic acids is 1. The van der Waals surface area contributed by atoms with Gasteiger partial charge in [0.25, 0.3) is 0 Å². The minimum Gasteiger partial charge on any atom is -0.464 e. The van der Waals surface area contributed by atoms with Crippen LogP contribution in [-0.2, 0) is 9.53 Å². The Bertz CT molecular complexity index is 625. The second-order valence-electron chi connectivity index (χ2n) is 4.36. The van der Waals surface area contributed by atoms with E-state index in [4.69, 9.17) is 16.3 Å². The van der Waals surface area contributed by atoms with Crippen LogP contribution in [0.5, 0.6) is 0 Å². The van der Waals surface area contributed by atoms with E-state index in [0.29, 0.717) is 17.3 Å². The normalized spacial score (nSPS) is 12.0. The minimum absolute atomic E-state index is 0.314. The van der Waals surface area contributed by atoms with Gasteiger partial charge in [0.05, 0.1) is 17.3 Å². The Balaban J connectivity index is 2.32. The maximum Gasteiger partial charge on any atom is 0.334 e. The smallest absolute Gasteiger partial charge is 0.334 e. The van der Waals surface area contributed by atoms with Crippen molar-refractivity contribution in [3.05, 3.63) is 49.6 Å². The number of halogens is 2. The third-order valence-electron chi connectivity index (χ3n) is 2.86. The van der Waals surface area contributed by atoms with Crippen LogP contribution in [-0.4, -0.2) is 12.6 Å². The van der Waals surface area contributed by atoms with Gasteiger partial charge < -0.3 is 10.1 Å². The van der Waals surface area contributed by atoms with E-state index in [-0.39, 0.29) is 5.97 Å². The van der Waals surface area contributed by atoms with Crippen LogP contribution in [0.2, 0.25) is 5.02 Å². The lowest BCUT2D eigenvalue weighted by molar-refractivity contribution is -0.144. The van der Waals surface area contributed by atoms with E-state index >= 15 is 0 Å². The molecule has 0 fully saturated rings. The number of benzene rings is 1. The van der Waals surface area contributed by atoms with Crippen molar-refractivity contribution in [2.75, 3.05) is 11.9 Å². The van der Waals surface area contributed by atoms with E-state index in [2.05, 4.69) is 21.2 Å². The van der Waals surface area contributed by atoms with E-state index in [1.165, 1.54) is 0 Å². The first-order valence-electron chi connectivity index (χ1n) is 6.46. The number of nitrogens with one attached hydrogen (secondary N) is 1. The molecule has 112 valence electrons. The molecule has 1 aromatic heterocycles. The number of thiophene rings is 1. The molecule has 2 aromatic rings. The quantitative estimate of drug-likeness (QED) is 0.716. The highest BCUT2D eigenvalue weighted by molar-refractivity contribution is 9.10. The summed E-state index contributed by atoms with van der Waals surface area (Å²) in [4.78, 5) is 14.2. The number of esters is 1. The summed E-state index contributed by atoms with van der Waals surface area (Å²) in [7, 11) is 0. The van der Waals surface area contributed by atoms with Gasteiger partial charge >= 0.3 is 5.97 Å². The standard InChI is InChI=1S/C15H15BrClNO2S/c1-3-20-15(19)14(13-8-10(16)9(2)21-13)18-12-7-5-4-6-11(12)17/h4-8,14,18H,3H2,1-2H3. The molecule has 6 heteroatoms.